The van der Waals surface area contributed by atoms with Crippen LogP contribution in [0.1, 0.15) is 108 Å². The summed E-state index contributed by atoms with van der Waals surface area (Å²) in [5.41, 5.74) is 16.6. The molecule has 4 nitrogen and oxygen atoms in total. The summed E-state index contributed by atoms with van der Waals surface area (Å²) < 4.78 is 13.1. The molecule has 1 aliphatic rings. The molecular formula is C31H52N2O2. The fourth-order valence-electron chi connectivity index (χ4n) is 5.06. The largest absolute Gasteiger partial charge is 0.493 e. The summed E-state index contributed by atoms with van der Waals surface area (Å²) in [6.45, 7) is 14.0. The average molecular weight is 485 g/mol. The van der Waals surface area contributed by atoms with E-state index in [2.05, 4.69) is 45.6 Å². The normalized spacial score (nSPS) is 17.8. The lowest BCUT2D eigenvalue weighted by atomic mass is 9.73. The first-order valence-corrected chi connectivity index (χ1v) is 14.2. The number of hydrogen-bond donors (Lipinski definition) is 2. The van der Waals surface area contributed by atoms with Gasteiger partial charge in [0.25, 0.3) is 0 Å². The minimum atomic E-state index is 0.240. The Bertz CT molecular complexity index is 751. The highest BCUT2D eigenvalue weighted by Gasteiger charge is 2.31. The number of allylic oxidation sites excluding steroid dienone is 3. The molecule has 1 aromatic rings. The van der Waals surface area contributed by atoms with E-state index < -0.39 is 0 Å². The molecular weight excluding hydrogens is 432 g/mol. The number of unbranched alkanes of at least 4 members (excludes halogenated alkanes) is 6. The van der Waals surface area contributed by atoms with E-state index in [1.165, 1.54) is 41.5 Å². The van der Waals surface area contributed by atoms with E-state index in [9.17, 15) is 0 Å². The maximum absolute atomic E-state index is 6.54. The van der Waals surface area contributed by atoms with Crippen LogP contribution in [0.25, 0.3) is 0 Å². The highest BCUT2D eigenvalue weighted by Crippen LogP contribution is 2.47. The molecule has 35 heavy (non-hydrogen) atoms. The zero-order valence-electron chi connectivity index (χ0n) is 22.9. The Kier molecular flexibility index (Phi) is 14.1. The molecule has 0 saturated carbocycles. The van der Waals surface area contributed by atoms with Gasteiger partial charge in [-0.15, -0.1) is 0 Å². The van der Waals surface area contributed by atoms with Crippen LogP contribution >= 0.6 is 0 Å². The molecule has 0 saturated heterocycles. The lowest BCUT2D eigenvalue weighted by molar-refractivity contribution is 0.279. The van der Waals surface area contributed by atoms with Crippen LogP contribution in [-0.4, -0.2) is 26.3 Å². The maximum atomic E-state index is 6.54. The SMILES string of the molecule is C=C(C)[C@@H]1CCC(C)=C[C@H]1c1c(OCCCCCN)cc(CCCCC)cc1OCCCCCN. The minimum absolute atomic E-state index is 0.240. The second-order valence-electron chi connectivity index (χ2n) is 10.4. The predicted octanol–water partition coefficient (Wildman–Crippen LogP) is 7.45. The van der Waals surface area contributed by atoms with Crippen LogP contribution in [-0.2, 0) is 6.42 Å². The number of nitrogens with two attached hydrogens (primary N) is 2. The molecule has 4 heteroatoms. The number of aryl methyl sites for hydroxylation is 1. The van der Waals surface area contributed by atoms with Crippen molar-refractivity contribution in [3.63, 3.8) is 0 Å². The third-order valence-corrected chi connectivity index (χ3v) is 7.16. The van der Waals surface area contributed by atoms with E-state index in [1.54, 1.807) is 0 Å². The molecule has 0 fully saturated rings. The Balaban J connectivity index is 2.43. The molecule has 0 radical (unpaired) electrons. The second kappa shape index (κ2) is 16.8. The van der Waals surface area contributed by atoms with Crippen LogP contribution in [0.3, 0.4) is 0 Å². The van der Waals surface area contributed by atoms with Crippen molar-refractivity contribution in [3.05, 3.63) is 47.1 Å². The van der Waals surface area contributed by atoms with Gasteiger partial charge in [0.15, 0.2) is 0 Å². The first-order chi connectivity index (χ1) is 17.0. The van der Waals surface area contributed by atoms with E-state index in [0.29, 0.717) is 19.1 Å². The van der Waals surface area contributed by atoms with E-state index >= 15 is 0 Å². The molecule has 4 N–H and O–H groups in total. The van der Waals surface area contributed by atoms with Gasteiger partial charge in [-0.2, -0.15) is 0 Å². The number of ether oxygens (including phenoxy) is 2. The van der Waals surface area contributed by atoms with Gasteiger partial charge in [-0.05, 0) is 115 Å². The fraction of sp³-hybridized carbons (Fsp3) is 0.677. The number of hydrogen-bond acceptors (Lipinski definition) is 4. The van der Waals surface area contributed by atoms with Crippen molar-refractivity contribution in [1.29, 1.82) is 0 Å². The quantitative estimate of drug-likeness (QED) is 0.168. The topological polar surface area (TPSA) is 70.5 Å². The monoisotopic (exact) mass is 484 g/mol. The third-order valence-electron chi connectivity index (χ3n) is 7.16. The Morgan fingerprint density at radius 2 is 1.51 bits per heavy atom. The van der Waals surface area contributed by atoms with Gasteiger partial charge in [0, 0.05) is 11.5 Å². The van der Waals surface area contributed by atoms with Crippen molar-refractivity contribution in [3.8, 4) is 11.5 Å². The Morgan fingerprint density at radius 1 is 0.914 bits per heavy atom. The highest BCUT2D eigenvalue weighted by atomic mass is 16.5. The summed E-state index contributed by atoms with van der Waals surface area (Å²) in [5, 5.41) is 0. The molecule has 198 valence electrons. The summed E-state index contributed by atoms with van der Waals surface area (Å²) in [4.78, 5) is 0. The van der Waals surface area contributed by atoms with Crippen LogP contribution in [0.2, 0.25) is 0 Å². The predicted molar refractivity (Wildman–Crippen MR) is 151 cm³/mol. The molecule has 2 atom stereocenters. The van der Waals surface area contributed by atoms with Crippen molar-refractivity contribution in [1.82, 2.24) is 0 Å². The summed E-state index contributed by atoms with van der Waals surface area (Å²) in [7, 11) is 0. The van der Waals surface area contributed by atoms with E-state index in [1.807, 2.05) is 0 Å². The minimum Gasteiger partial charge on any atom is -0.493 e. The van der Waals surface area contributed by atoms with Gasteiger partial charge in [0.2, 0.25) is 0 Å². The molecule has 1 aliphatic carbocycles. The zero-order chi connectivity index (χ0) is 25.5. The number of rotatable bonds is 18. The Hall–Kier alpha value is -1.78. The highest BCUT2D eigenvalue weighted by molar-refractivity contribution is 5.53. The first kappa shape index (κ1) is 29.5. The molecule has 0 heterocycles. The van der Waals surface area contributed by atoms with Crippen LogP contribution in [0.5, 0.6) is 11.5 Å². The molecule has 0 spiro atoms. The smallest absolute Gasteiger partial charge is 0.127 e. The van der Waals surface area contributed by atoms with Gasteiger partial charge in [-0.1, -0.05) is 43.6 Å². The zero-order valence-corrected chi connectivity index (χ0v) is 22.9. The molecule has 1 aromatic carbocycles. The molecule has 0 unspecified atom stereocenters. The molecule has 0 bridgehead atoms. The lowest BCUT2D eigenvalue weighted by Gasteiger charge is -2.33. The van der Waals surface area contributed by atoms with Crippen LogP contribution < -0.4 is 20.9 Å². The first-order valence-electron chi connectivity index (χ1n) is 14.2. The van der Waals surface area contributed by atoms with Crippen molar-refractivity contribution in [2.75, 3.05) is 26.3 Å². The Labute approximate surface area is 215 Å². The van der Waals surface area contributed by atoms with Gasteiger partial charge >= 0.3 is 0 Å². The molecule has 2 rings (SSSR count). The van der Waals surface area contributed by atoms with Gasteiger partial charge in [-0.3, -0.25) is 0 Å². The van der Waals surface area contributed by atoms with E-state index in [0.717, 1.165) is 82.4 Å². The summed E-state index contributed by atoms with van der Waals surface area (Å²) in [5.74, 6) is 2.66. The van der Waals surface area contributed by atoms with Crippen molar-refractivity contribution >= 4 is 0 Å². The van der Waals surface area contributed by atoms with Crippen molar-refractivity contribution in [2.45, 2.75) is 104 Å². The molecule has 0 aromatic heterocycles. The maximum Gasteiger partial charge on any atom is 0.127 e. The van der Waals surface area contributed by atoms with Crippen LogP contribution in [0.4, 0.5) is 0 Å². The summed E-state index contributed by atoms with van der Waals surface area (Å²) >= 11 is 0. The van der Waals surface area contributed by atoms with Crippen molar-refractivity contribution < 1.29 is 9.47 Å². The number of benzene rings is 1. The Morgan fingerprint density at radius 3 is 2.03 bits per heavy atom. The standard InChI is InChI=1S/C31H52N2O2/c1-5-6-9-14-26-22-29(34-19-12-7-10-17-32)31(30(23-26)35-20-13-8-11-18-33)28-21-25(4)15-16-27(28)24(2)3/h21-23,27-28H,2,5-20,32-33H2,1,3-4H3/t27-,28+/m0/s1. The third kappa shape index (κ3) is 10.0. The lowest BCUT2D eigenvalue weighted by Crippen LogP contribution is -2.19. The van der Waals surface area contributed by atoms with E-state index in [4.69, 9.17) is 20.9 Å². The van der Waals surface area contributed by atoms with E-state index in [-0.39, 0.29) is 5.92 Å². The van der Waals surface area contributed by atoms with Gasteiger partial charge in [-0.25, -0.2) is 0 Å². The fourth-order valence-corrected chi connectivity index (χ4v) is 5.06. The van der Waals surface area contributed by atoms with Gasteiger partial charge < -0.3 is 20.9 Å². The molecule has 0 amide bonds. The van der Waals surface area contributed by atoms with Gasteiger partial charge in [0.05, 0.1) is 13.2 Å². The second-order valence-corrected chi connectivity index (χ2v) is 10.4. The van der Waals surface area contributed by atoms with Crippen molar-refractivity contribution in [2.24, 2.45) is 17.4 Å². The van der Waals surface area contributed by atoms with Crippen LogP contribution in [0, 0.1) is 5.92 Å². The summed E-state index contributed by atoms with van der Waals surface area (Å²) in [6.07, 6.45) is 15.8. The van der Waals surface area contributed by atoms with Crippen LogP contribution in [0.15, 0.2) is 35.9 Å². The molecule has 0 aliphatic heterocycles. The van der Waals surface area contributed by atoms with Gasteiger partial charge in [0.1, 0.15) is 11.5 Å². The average Bonchev–Trinajstić information content (AvgIpc) is 2.83. The summed E-state index contributed by atoms with van der Waals surface area (Å²) in [6, 6.07) is 4.59.